The zero-order valence-electron chi connectivity index (χ0n) is 22.2. The summed E-state index contributed by atoms with van der Waals surface area (Å²) in [5, 5.41) is 9.18. The smallest absolute Gasteiger partial charge is 0.338 e. The topological polar surface area (TPSA) is 117 Å². The van der Waals surface area contributed by atoms with E-state index < -0.39 is 41.2 Å². The van der Waals surface area contributed by atoms with Crippen LogP contribution in [0.1, 0.15) is 38.3 Å². The summed E-state index contributed by atoms with van der Waals surface area (Å²) >= 11 is 1.07. The predicted octanol–water partition coefficient (Wildman–Crippen LogP) is 5.53. The van der Waals surface area contributed by atoms with Crippen LogP contribution in [-0.4, -0.2) is 40.4 Å². The molecule has 2 heterocycles. The number of rotatable bonds is 8. The minimum atomic E-state index is -0.785. The first-order valence-electron chi connectivity index (χ1n) is 12.8. The second-order valence-electron chi connectivity index (χ2n) is 9.46. The molecular weight excluding hydrogens is 557 g/mol. The number of nitrogens with zero attached hydrogens (tertiary/aromatic N) is 3. The summed E-state index contributed by atoms with van der Waals surface area (Å²) in [6, 6.07) is 23.8. The van der Waals surface area contributed by atoms with Crippen molar-refractivity contribution in [2.75, 3.05) is 11.5 Å². The lowest BCUT2D eigenvalue weighted by Gasteiger charge is -2.15. The van der Waals surface area contributed by atoms with Gasteiger partial charge in [-0.2, -0.15) is 5.26 Å². The largest absolute Gasteiger partial charge is 0.454 e. The lowest BCUT2D eigenvalue weighted by atomic mass is 10.1. The van der Waals surface area contributed by atoms with Crippen LogP contribution in [0.2, 0.25) is 0 Å². The van der Waals surface area contributed by atoms with Gasteiger partial charge in [0.15, 0.2) is 12.4 Å². The SMILES string of the molecule is Cc1ccc(-c2ccc(C#N)c(SC3CC(=O)N(c4ccc(C(=O)OCC(=O)c5ccc(F)cc5)cc4)C3=O)n2)cc1. The van der Waals surface area contributed by atoms with Crippen molar-refractivity contribution >= 4 is 41.0 Å². The van der Waals surface area contributed by atoms with Gasteiger partial charge in [0.25, 0.3) is 0 Å². The first-order chi connectivity index (χ1) is 20.2. The molecule has 0 aliphatic carbocycles. The molecule has 1 aliphatic heterocycles. The number of thioether (sulfide) groups is 1. The van der Waals surface area contributed by atoms with Gasteiger partial charge in [-0.25, -0.2) is 19.1 Å². The normalized spacial score (nSPS) is 14.5. The van der Waals surface area contributed by atoms with E-state index in [1.165, 1.54) is 36.4 Å². The Morgan fingerprint density at radius 2 is 1.64 bits per heavy atom. The number of aryl methyl sites for hydroxylation is 1. The Labute approximate surface area is 244 Å². The van der Waals surface area contributed by atoms with Crippen LogP contribution in [0, 0.1) is 24.1 Å². The van der Waals surface area contributed by atoms with E-state index in [0.717, 1.165) is 39.9 Å². The second-order valence-corrected chi connectivity index (χ2v) is 10.6. The maximum Gasteiger partial charge on any atom is 0.338 e. The quantitative estimate of drug-likeness (QED) is 0.152. The molecule has 1 atom stereocenters. The first-order valence-corrected chi connectivity index (χ1v) is 13.7. The van der Waals surface area contributed by atoms with Gasteiger partial charge in [-0.05, 0) is 67.6 Å². The molecule has 1 aliphatic rings. The maximum atomic E-state index is 13.3. The highest BCUT2D eigenvalue weighted by Crippen LogP contribution is 2.35. The number of hydrogen-bond acceptors (Lipinski definition) is 8. The fraction of sp³-hybridized carbons (Fsp3) is 0.125. The Kier molecular flexibility index (Phi) is 8.22. The molecular formula is C32H22FN3O5S. The summed E-state index contributed by atoms with van der Waals surface area (Å²) in [6.07, 6.45) is -0.0832. The number of Topliss-reactive ketones (excluding diaryl/α,β-unsaturated/α-hetero) is 1. The fourth-order valence-electron chi connectivity index (χ4n) is 4.28. The van der Waals surface area contributed by atoms with E-state index in [0.29, 0.717) is 16.3 Å². The molecule has 3 aromatic carbocycles. The fourth-order valence-corrected chi connectivity index (χ4v) is 5.38. The Morgan fingerprint density at radius 3 is 2.31 bits per heavy atom. The number of ketones is 1. The summed E-state index contributed by atoms with van der Waals surface area (Å²) in [7, 11) is 0. The van der Waals surface area contributed by atoms with Crippen molar-refractivity contribution in [2.24, 2.45) is 0 Å². The van der Waals surface area contributed by atoms with Gasteiger partial charge in [-0.1, -0.05) is 41.6 Å². The minimum absolute atomic E-state index is 0.0832. The molecule has 42 heavy (non-hydrogen) atoms. The van der Waals surface area contributed by atoms with Gasteiger partial charge >= 0.3 is 5.97 Å². The van der Waals surface area contributed by atoms with Gasteiger partial charge in [0.05, 0.1) is 27.8 Å². The molecule has 4 aromatic rings. The first kappa shape index (κ1) is 28.4. The van der Waals surface area contributed by atoms with Crippen LogP contribution in [0.25, 0.3) is 11.3 Å². The van der Waals surface area contributed by atoms with Gasteiger partial charge in [0.2, 0.25) is 11.8 Å². The zero-order valence-corrected chi connectivity index (χ0v) is 23.1. The molecule has 1 aromatic heterocycles. The van der Waals surface area contributed by atoms with Crippen LogP contribution < -0.4 is 4.90 Å². The number of pyridine rings is 1. The highest BCUT2D eigenvalue weighted by atomic mass is 32.2. The highest BCUT2D eigenvalue weighted by molar-refractivity contribution is 8.00. The number of imide groups is 1. The second kappa shape index (κ2) is 12.2. The standard InChI is InChI=1S/C32H22FN3O5S/c1-19-2-4-20(5-3-19)26-15-10-23(17-34)30(35-26)42-28-16-29(38)36(31(28)39)25-13-8-22(9-14-25)32(40)41-18-27(37)21-6-11-24(33)12-7-21/h2-15,28H,16,18H2,1H3. The molecule has 0 N–H and O–H groups in total. The van der Waals surface area contributed by atoms with Gasteiger partial charge in [-0.3, -0.25) is 14.4 Å². The number of esters is 1. The van der Waals surface area contributed by atoms with Crippen molar-refractivity contribution in [1.82, 2.24) is 4.98 Å². The van der Waals surface area contributed by atoms with Crippen molar-refractivity contribution in [3.8, 4) is 17.3 Å². The van der Waals surface area contributed by atoms with Crippen LogP contribution in [0.5, 0.6) is 0 Å². The number of hydrogen-bond donors (Lipinski definition) is 0. The molecule has 1 unspecified atom stereocenters. The summed E-state index contributed by atoms with van der Waals surface area (Å²) in [4.78, 5) is 56.4. The zero-order chi connectivity index (χ0) is 29.8. The van der Waals surface area contributed by atoms with Crippen molar-refractivity contribution < 1.29 is 28.3 Å². The molecule has 0 bridgehead atoms. The van der Waals surface area contributed by atoms with Crippen LogP contribution in [0.3, 0.4) is 0 Å². The van der Waals surface area contributed by atoms with E-state index in [1.807, 2.05) is 31.2 Å². The molecule has 0 saturated carbocycles. The Balaban J connectivity index is 1.26. The molecule has 2 amide bonds. The van der Waals surface area contributed by atoms with E-state index >= 15 is 0 Å². The van der Waals surface area contributed by atoms with Gasteiger partial charge in [-0.15, -0.1) is 0 Å². The number of ether oxygens (including phenoxy) is 1. The molecule has 1 fully saturated rings. The lowest BCUT2D eigenvalue weighted by molar-refractivity contribution is -0.121. The number of benzene rings is 3. The summed E-state index contributed by atoms with van der Waals surface area (Å²) in [5.41, 5.74) is 3.50. The Hall–Kier alpha value is -5.14. The predicted molar refractivity (Wildman–Crippen MR) is 153 cm³/mol. The molecule has 5 rings (SSSR count). The minimum Gasteiger partial charge on any atom is -0.454 e. The number of halogens is 1. The van der Waals surface area contributed by atoms with Crippen molar-refractivity contribution in [3.63, 3.8) is 0 Å². The maximum absolute atomic E-state index is 13.3. The van der Waals surface area contributed by atoms with Crippen molar-refractivity contribution in [3.05, 3.63) is 113 Å². The number of amides is 2. The average Bonchev–Trinajstić information content (AvgIpc) is 3.28. The number of nitriles is 1. The third kappa shape index (κ3) is 6.11. The summed E-state index contributed by atoms with van der Waals surface area (Å²) < 4.78 is 18.1. The van der Waals surface area contributed by atoms with Crippen LogP contribution >= 0.6 is 11.8 Å². The number of anilines is 1. The Bertz CT molecular complexity index is 1730. The lowest BCUT2D eigenvalue weighted by Crippen LogP contribution is -2.31. The monoisotopic (exact) mass is 579 g/mol. The number of carbonyl (C=O) groups is 4. The van der Waals surface area contributed by atoms with Crippen molar-refractivity contribution in [2.45, 2.75) is 23.6 Å². The molecule has 0 radical (unpaired) electrons. The number of carbonyl (C=O) groups excluding carboxylic acids is 4. The third-order valence-corrected chi connectivity index (χ3v) is 7.74. The molecule has 0 spiro atoms. The molecule has 208 valence electrons. The molecule has 8 nitrogen and oxygen atoms in total. The highest BCUT2D eigenvalue weighted by Gasteiger charge is 2.40. The molecule has 1 saturated heterocycles. The number of aromatic nitrogens is 1. The van der Waals surface area contributed by atoms with E-state index in [4.69, 9.17) is 4.74 Å². The van der Waals surface area contributed by atoms with Crippen LogP contribution in [0.15, 0.2) is 90.0 Å². The van der Waals surface area contributed by atoms with Crippen LogP contribution in [0.4, 0.5) is 10.1 Å². The summed E-state index contributed by atoms with van der Waals surface area (Å²) in [5.74, 6) is -2.63. The van der Waals surface area contributed by atoms with Gasteiger partial charge in [0, 0.05) is 17.5 Å². The van der Waals surface area contributed by atoms with Crippen LogP contribution in [-0.2, 0) is 14.3 Å². The van der Waals surface area contributed by atoms with Gasteiger partial charge < -0.3 is 4.74 Å². The van der Waals surface area contributed by atoms with E-state index in [2.05, 4.69) is 11.1 Å². The molecule has 10 heteroatoms. The average molecular weight is 580 g/mol. The van der Waals surface area contributed by atoms with Gasteiger partial charge in [0.1, 0.15) is 16.9 Å². The summed E-state index contributed by atoms with van der Waals surface area (Å²) in [6.45, 7) is 1.45. The Morgan fingerprint density at radius 1 is 0.976 bits per heavy atom. The van der Waals surface area contributed by atoms with E-state index in [1.54, 1.807) is 12.1 Å². The van der Waals surface area contributed by atoms with E-state index in [9.17, 15) is 28.8 Å². The van der Waals surface area contributed by atoms with Crippen molar-refractivity contribution in [1.29, 1.82) is 5.26 Å². The van der Waals surface area contributed by atoms with E-state index in [-0.39, 0.29) is 23.2 Å². The third-order valence-electron chi connectivity index (χ3n) is 6.55.